The maximum atomic E-state index is 13.1. The van der Waals surface area contributed by atoms with E-state index < -0.39 is 10.8 Å². The topological polar surface area (TPSA) is 43.1 Å². The zero-order chi connectivity index (χ0) is 13.8. The second-order valence-corrected chi connectivity index (χ2v) is 6.43. The van der Waals surface area contributed by atoms with E-state index in [1.165, 1.54) is 12.1 Å². The van der Waals surface area contributed by atoms with E-state index in [-0.39, 0.29) is 12.4 Å². The first-order valence-corrected chi connectivity index (χ1v) is 7.82. The molecule has 2 N–H and O–H groups in total. The Labute approximate surface area is 122 Å². The van der Waals surface area contributed by atoms with Crippen LogP contribution in [0.5, 0.6) is 0 Å². The molecule has 0 aliphatic carbocycles. The molecular formula is C14H13BrFNOS. The van der Waals surface area contributed by atoms with Crippen LogP contribution in [-0.2, 0) is 23.1 Å². The van der Waals surface area contributed by atoms with Crippen LogP contribution < -0.4 is 5.73 Å². The number of halogens is 2. The van der Waals surface area contributed by atoms with Crippen LogP contribution in [0.2, 0.25) is 0 Å². The molecule has 2 nitrogen and oxygen atoms in total. The van der Waals surface area contributed by atoms with E-state index >= 15 is 0 Å². The predicted molar refractivity (Wildman–Crippen MR) is 78.5 cm³/mol. The molecule has 19 heavy (non-hydrogen) atoms. The van der Waals surface area contributed by atoms with Gasteiger partial charge in [0.1, 0.15) is 5.82 Å². The fourth-order valence-corrected chi connectivity index (χ4v) is 3.17. The molecule has 0 bridgehead atoms. The van der Waals surface area contributed by atoms with Gasteiger partial charge >= 0.3 is 0 Å². The van der Waals surface area contributed by atoms with Crippen LogP contribution in [0.25, 0.3) is 0 Å². The Balaban J connectivity index is 2.21. The molecule has 2 rings (SSSR count). The first kappa shape index (κ1) is 14.4. The second kappa shape index (κ2) is 6.41. The van der Waals surface area contributed by atoms with Gasteiger partial charge in [0.05, 0.1) is 16.6 Å². The summed E-state index contributed by atoms with van der Waals surface area (Å²) in [6, 6.07) is 11.7. The van der Waals surface area contributed by atoms with Crippen molar-refractivity contribution in [3.8, 4) is 0 Å². The van der Waals surface area contributed by atoms with Crippen molar-refractivity contribution < 1.29 is 8.60 Å². The van der Waals surface area contributed by atoms with Gasteiger partial charge in [0.2, 0.25) is 0 Å². The molecule has 0 aromatic heterocycles. The van der Waals surface area contributed by atoms with Gasteiger partial charge in [-0.15, -0.1) is 0 Å². The third-order valence-corrected chi connectivity index (χ3v) is 4.65. The van der Waals surface area contributed by atoms with Gasteiger partial charge in [-0.05, 0) is 47.5 Å². The molecule has 5 heteroatoms. The standard InChI is InChI=1S/C14H13BrFNOS/c15-12-2-5-14(6-3-12)19(18)9-10-1-4-13(16)7-11(10)8-17/h1-7H,8-9,17H2. The van der Waals surface area contributed by atoms with E-state index in [4.69, 9.17) is 5.73 Å². The molecule has 0 saturated carbocycles. The van der Waals surface area contributed by atoms with Crippen LogP contribution >= 0.6 is 15.9 Å². The smallest absolute Gasteiger partial charge is 0.123 e. The SMILES string of the molecule is NCc1cc(F)ccc1CS(=O)c1ccc(Br)cc1. The van der Waals surface area contributed by atoms with Gasteiger partial charge in [0, 0.05) is 15.9 Å². The highest BCUT2D eigenvalue weighted by molar-refractivity contribution is 9.10. The lowest BCUT2D eigenvalue weighted by molar-refractivity contribution is 0.624. The molecular weight excluding hydrogens is 329 g/mol. The van der Waals surface area contributed by atoms with E-state index in [0.717, 1.165) is 14.9 Å². The molecule has 1 unspecified atom stereocenters. The summed E-state index contributed by atoms with van der Waals surface area (Å²) in [7, 11) is -1.16. The fourth-order valence-electron chi connectivity index (χ4n) is 1.74. The summed E-state index contributed by atoms with van der Waals surface area (Å²) in [5.74, 6) is 0.0210. The van der Waals surface area contributed by atoms with Gasteiger partial charge in [-0.1, -0.05) is 22.0 Å². The Morgan fingerprint density at radius 1 is 1.11 bits per heavy atom. The van der Waals surface area contributed by atoms with Gasteiger partial charge in [-0.25, -0.2) is 4.39 Å². The summed E-state index contributed by atoms with van der Waals surface area (Å²) in [5, 5.41) is 0. The highest BCUT2D eigenvalue weighted by Crippen LogP contribution is 2.18. The average Bonchev–Trinajstić information content (AvgIpc) is 2.41. The minimum atomic E-state index is -1.16. The molecule has 1 atom stereocenters. The van der Waals surface area contributed by atoms with E-state index in [9.17, 15) is 8.60 Å². The highest BCUT2D eigenvalue weighted by Gasteiger charge is 2.09. The number of hydrogen-bond acceptors (Lipinski definition) is 2. The molecule has 2 aromatic carbocycles. The average molecular weight is 342 g/mol. The number of rotatable bonds is 4. The normalized spacial score (nSPS) is 12.4. The molecule has 0 heterocycles. The maximum Gasteiger partial charge on any atom is 0.123 e. The summed E-state index contributed by atoms with van der Waals surface area (Å²) in [4.78, 5) is 0.746. The van der Waals surface area contributed by atoms with Crippen molar-refractivity contribution >= 4 is 26.7 Å². The summed E-state index contributed by atoms with van der Waals surface area (Å²) >= 11 is 3.34. The Morgan fingerprint density at radius 3 is 2.42 bits per heavy atom. The Hall–Kier alpha value is -1.04. The number of hydrogen-bond donors (Lipinski definition) is 1. The second-order valence-electron chi connectivity index (χ2n) is 4.06. The van der Waals surface area contributed by atoms with E-state index in [1.807, 2.05) is 24.3 Å². The number of benzene rings is 2. The molecule has 2 aromatic rings. The van der Waals surface area contributed by atoms with Gasteiger partial charge in [-0.2, -0.15) is 0 Å². The quantitative estimate of drug-likeness (QED) is 0.926. The zero-order valence-corrected chi connectivity index (χ0v) is 12.5. The van der Waals surface area contributed by atoms with E-state index in [1.54, 1.807) is 6.07 Å². The van der Waals surface area contributed by atoms with Gasteiger partial charge in [0.25, 0.3) is 0 Å². The van der Waals surface area contributed by atoms with Crippen molar-refractivity contribution in [2.75, 3.05) is 0 Å². The molecule has 0 aliphatic heterocycles. The molecule has 0 spiro atoms. The van der Waals surface area contributed by atoms with Crippen LogP contribution in [0.1, 0.15) is 11.1 Å². The predicted octanol–water partition coefficient (Wildman–Crippen LogP) is 3.35. The summed E-state index contributed by atoms with van der Waals surface area (Å²) < 4.78 is 26.3. The Kier molecular flexibility index (Phi) is 4.85. The Bertz CT molecular complexity index is 601. The van der Waals surface area contributed by atoms with Crippen molar-refractivity contribution in [3.05, 3.63) is 63.9 Å². The van der Waals surface area contributed by atoms with Gasteiger partial charge in [-0.3, -0.25) is 4.21 Å². The van der Waals surface area contributed by atoms with Crippen LogP contribution in [0, 0.1) is 5.82 Å². The lowest BCUT2D eigenvalue weighted by atomic mass is 10.1. The van der Waals surface area contributed by atoms with Crippen LogP contribution in [0.4, 0.5) is 4.39 Å². The van der Waals surface area contributed by atoms with Crippen molar-refractivity contribution in [2.45, 2.75) is 17.2 Å². The minimum Gasteiger partial charge on any atom is -0.326 e. The van der Waals surface area contributed by atoms with E-state index in [0.29, 0.717) is 11.3 Å². The third-order valence-electron chi connectivity index (χ3n) is 2.75. The van der Waals surface area contributed by atoms with Crippen molar-refractivity contribution in [2.24, 2.45) is 5.73 Å². The Morgan fingerprint density at radius 2 is 1.79 bits per heavy atom. The molecule has 0 fully saturated rings. The van der Waals surface area contributed by atoms with Gasteiger partial charge in [0.15, 0.2) is 0 Å². The lowest BCUT2D eigenvalue weighted by Gasteiger charge is -2.08. The molecule has 0 aliphatic rings. The molecule has 0 amide bonds. The monoisotopic (exact) mass is 341 g/mol. The summed E-state index contributed by atoms with van der Waals surface area (Å²) in [6.07, 6.45) is 0. The highest BCUT2D eigenvalue weighted by atomic mass is 79.9. The van der Waals surface area contributed by atoms with Crippen LogP contribution in [0.15, 0.2) is 51.8 Å². The van der Waals surface area contributed by atoms with Crippen LogP contribution in [0.3, 0.4) is 0 Å². The van der Waals surface area contributed by atoms with E-state index in [2.05, 4.69) is 15.9 Å². The summed E-state index contributed by atoms with van der Waals surface area (Å²) in [6.45, 7) is 0.241. The summed E-state index contributed by atoms with van der Waals surface area (Å²) in [5.41, 5.74) is 7.11. The largest absolute Gasteiger partial charge is 0.326 e. The zero-order valence-electron chi connectivity index (χ0n) is 10.1. The first-order valence-electron chi connectivity index (χ1n) is 5.71. The fraction of sp³-hybridized carbons (Fsp3) is 0.143. The van der Waals surface area contributed by atoms with Crippen LogP contribution in [-0.4, -0.2) is 4.21 Å². The lowest BCUT2D eigenvalue weighted by Crippen LogP contribution is -2.05. The van der Waals surface area contributed by atoms with Crippen molar-refractivity contribution in [3.63, 3.8) is 0 Å². The first-order chi connectivity index (χ1) is 9.10. The minimum absolute atomic E-state index is 0.241. The van der Waals surface area contributed by atoms with Crippen molar-refractivity contribution in [1.82, 2.24) is 0 Å². The van der Waals surface area contributed by atoms with Gasteiger partial charge < -0.3 is 5.73 Å². The number of nitrogens with two attached hydrogens (primary N) is 1. The molecule has 0 saturated heterocycles. The third kappa shape index (κ3) is 3.72. The molecule has 100 valence electrons. The maximum absolute atomic E-state index is 13.1. The molecule has 0 radical (unpaired) electrons. The van der Waals surface area contributed by atoms with Crippen molar-refractivity contribution in [1.29, 1.82) is 0 Å².